The Morgan fingerprint density at radius 2 is 2.32 bits per heavy atom. The molecule has 1 aromatic heterocycles. The van der Waals surface area contributed by atoms with Crippen molar-refractivity contribution in [3.05, 3.63) is 44.4 Å². The summed E-state index contributed by atoms with van der Waals surface area (Å²) in [5, 5.41) is 5.70. The average molecular weight is 337 g/mol. The minimum atomic E-state index is -0.0151. The van der Waals surface area contributed by atoms with Crippen LogP contribution in [0, 0.1) is 6.92 Å². The molecule has 0 amide bonds. The molecule has 0 fully saturated rings. The predicted octanol–water partition coefficient (Wildman–Crippen LogP) is 3.27. The van der Waals surface area contributed by atoms with Gasteiger partial charge in [0.25, 0.3) is 0 Å². The predicted molar refractivity (Wildman–Crippen MR) is 76.6 cm³/mol. The van der Waals surface area contributed by atoms with Crippen LogP contribution in [-0.2, 0) is 0 Å². The Bertz CT molecular complexity index is 680. The number of ether oxygens (including phenoxy) is 1. The first-order valence-electron chi connectivity index (χ1n) is 5.60. The second-order valence-electron chi connectivity index (χ2n) is 4.24. The molecule has 6 heteroatoms. The summed E-state index contributed by atoms with van der Waals surface area (Å²) in [6.07, 6.45) is 1.73. The van der Waals surface area contributed by atoms with Gasteiger partial charge in [0.15, 0.2) is 5.78 Å². The van der Waals surface area contributed by atoms with Gasteiger partial charge in [-0.1, -0.05) is 4.49 Å². The smallest absolute Gasteiger partial charge is 0.196 e. The van der Waals surface area contributed by atoms with Crippen molar-refractivity contribution < 1.29 is 9.53 Å². The molecule has 0 N–H and O–H groups in total. The summed E-state index contributed by atoms with van der Waals surface area (Å²) in [5.41, 5.74) is 2.89. The lowest BCUT2D eigenvalue weighted by Crippen LogP contribution is -2.19. The van der Waals surface area contributed by atoms with Crippen LogP contribution in [0.4, 0.5) is 0 Å². The van der Waals surface area contributed by atoms with Crippen molar-refractivity contribution in [1.82, 2.24) is 9.59 Å². The molecule has 19 heavy (non-hydrogen) atoms. The summed E-state index contributed by atoms with van der Waals surface area (Å²) in [7, 11) is 0. The molecule has 3 rings (SSSR count). The van der Waals surface area contributed by atoms with E-state index >= 15 is 0 Å². The summed E-state index contributed by atoms with van der Waals surface area (Å²) in [5.74, 6) is 0.600. The third-order valence-electron chi connectivity index (χ3n) is 2.80. The van der Waals surface area contributed by atoms with Crippen molar-refractivity contribution in [3.63, 3.8) is 0 Å². The molecule has 0 bridgehead atoms. The van der Waals surface area contributed by atoms with E-state index in [0.717, 1.165) is 10.0 Å². The van der Waals surface area contributed by atoms with E-state index in [2.05, 4.69) is 25.5 Å². The Morgan fingerprint density at radius 1 is 1.47 bits per heavy atom. The van der Waals surface area contributed by atoms with Crippen LogP contribution < -0.4 is 4.74 Å². The maximum Gasteiger partial charge on any atom is 0.196 e. The quantitative estimate of drug-likeness (QED) is 0.750. The standard InChI is InChI=1S/C13H9BrN2O2S/c1-7-2-10-12(17)8(4-9-6-19-16-15-9)5-18-13(10)11(14)3-7/h2-4,6H,5H2,1H3/b8-4+. The van der Waals surface area contributed by atoms with Gasteiger partial charge in [-0.25, -0.2) is 0 Å². The number of carbonyl (C=O) groups excluding carboxylic acids is 1. The third-order valence-corrected chi connectivity index (χ3v) is 3.91. The van der Waals surface area contributed by atoms with Crippen LogP contribution in [0.25, 0.3) is 6.08 Å². The number of aromatic nitrogens is 2. The third kappa shape index (κ3) is 2.33. The van der Waals surface area contributed by atoms with Crippen LogP contribution >= 0.6 is 27.5 Å². The van der Waals surface area contributed by atoms with E-state index in [-0.39, 0.29) is 12.4 Å². The zero-order valence-corrected chi connectivity index (χ0v) is 12.4. The normalized spacial score (nSPS) is 16.3. The number of ketones is 1. The van der Waals surface area contributed by atoms with E-state index in [1.54, 1.807) is 11.5 Å². The number of carbonyl (C=O) groups is 1. The summed E-state index contributed by atoms with van der Waals surface area (Å²) in [6, 6.07) is 3.78. The van der Waals surface area contributed by atoms with Crippen LogP contribution in [0.3, 0.4) is 0 Å². The maximum absolute atomic E-state index is 12.4. The van der Waals surface area contributed by atoms with Gasteiger partial charge in [-0.15, -0.1) is 5.10 Å². The van der Waals surface area contributed by atoms with E-state index < -0.39 is 0 Å². The summed E-state index contributed by atoms with van der Waals surface area (Å²) < 4.78 is 10.2. The van der Waals surface area contributed by atoms with Gasteiger partial charge in [0, 0.05) is 11.0 Å². The molecule has 0 saturated heterocycles. The Balaban J connectivity index is 2.05. The highest BCUT2D eigenvalue weighted by atomic mass is 79.9. The molecule has 4 nitrogen and oxygen atoms in total. The van der Waals surface area contributed by atoms with Gasteiger partial charge in [-0.3, -0.25) is 4.79 Å². The maximum atomic E-state index is 12.4. The highest BCUT2D eigenvalue weighted by Gasteiger charge is 2.25. The number of fused-ring (bicyclic) bond motifs is 1. The Kier molecular flexibility index (Phi) is 3.20. The minimum Gasteiger partial charge on any atom is -0.487 e. The highest BCUT2D eigenvalue weighted by molar-refractivity contribution is 9.10. The Hall–Kier alpha value is -1.53. The second kappa shape index (κ2) is 4.86. The molecule has 2 aromatic rings. The lowest BCUT2D eigenvalue weighted by molar-refractivity contribution is 0.100. The molecule has 1 aliphatic rings. The van der Waals surface area contributed by atoms with E-state index in [4.69, 9.17) is 4.74 Å². The van der Waals surface area contributed by atoms with Crippen molar-refractivity contribution in [2.75, 3.05) is 6.61 Å². The van der Waals surface area contributed by atoms with Gasteiger partial charge in [0.05, 0.1) is 15.7 Å². The van der Waals surface area contributed by atoms with Crippen LogP contribution in [0.5, 0.6) is 5.75 Å². The Labute approximate surface area is 122 Å². The largest absolute Gasteiger partial charge is 0.487 e. The van der Waals surface area contributed by atoms with Crippen LogP contribution in [0.15, 0.2) is 27.6 Å². The lowest BCUT2D eigenvalue weighted by atomic mass is 9.98. The van der Waals surface area contributed by atoms with Gasteiger partial charge in [-0.2, -0.15) is 0 Å². The van der Waals surface area contributed by atoms with Crippen LogP contribution in [0.2, 0.25) is 0 Å². The molecule has 2 heterocycles. The first-order chi connectivity index (χ1) is 9.15. The fourth-order valence-corrected chi connectivity index (χ4v) is 3.05. The van der Waals surface area contributed by atoms with E-state index in [1.165, 1.54) is 11.5 Å². The first-order valence-corrected chi connectivity index (χ1v) is 7.23. The summed E-state index contributed by atoms with van der Waals surface area (Å²) in [6.45, 7) is 2.20. The summed E-state index contributed by atoms with van der Waals surface area (Å²) >= 11 is 4.68. The molecule has 0 saturated carbocycles. The van der Waals surface area contributed by atoms with Crippen LogP contribution in [-0.4, -0.2) is 22.0 Å². The molecule has 1 aliphatic heterocycles. The number of aryl methyl sites for hydroxylation is 1. The number of halogens is 1. The summed E-state index contributed by atoms with van der Waals surface area (Å²) in [4.78, 5) is 12.4. The van der Waals surface area contributed by atoms with Gasteiger partial charge >= 0.3 is 0 Å². The highest BCUT2D eigenvalue weighted by Crippen LogP contribution is 2.35. The van der Waals surface area contributed by atoms with Crippen molar-refractivity contribution in [2.45, 2.75) is 6.92 Å². The second-order valence-corrected chi connectivity index (χ2v) is 5.70. The van der Waals surface area contributed by atoms with Gasteiger partial charge in [0.2, 0.25) is 0 Å². The van der Waals surface area contributed by atoms with Crippen molar-refractivity contribution in [2.24, 2.45) is 0 Å². The lowest BCUT2D eigenvalue weighted by Gasteiger charge is -2.20. The zero-order valence-electron chi connectivity index (χ0n) is 10.0. The molecule has 0 aliphatic carbocycles. The van der Waals surface area contributed by atoms with Gasteiger partial charge in [-0.05, 0) is 58.2 Å². The molecule has 0 radical (unpaired) electrons. The van der Waals surface area contributed by atoms with Crippen molar-refractivity contribution >= 4 is 39.3 Å². The molecular weight excluding hydrogens is 328 g/mol. The van der Waals surface area contributed by atoms with E-state index in [9.17, 15) is 4.79 Å². The van der Waals surface area contributed by atoms with Crippen molar-refractivity contribution in [1.29, 1.82) is 0 Å². The number of benzene rings is 1. The Morgan fingerprint density at radius 3 is 3.05 bits per heavy atom. The monoisotopic (exact) mass is 336 g/mol. The van der Waals surface area contributed by atoms with E-state index in [1.807, 2.05) is 19.1 Å². The average Bonchev–Trinajstić information content (AvgIpc) is 2.86. The number of hydrogen-bond acceptors (Lipinski definition) is 5. The zero-order chi connectivity index (χ0) is 13.4. The number of Topliss-reactive ketones (excluding diaryl/α,β-unsaturated/α-hetero) is 1. The molecular formula is C13H9BrN2O2S. The van der Waals surface area contributed by atoms with Crippen LogP contribution in [0.1, 0.15) is 21.6 Å². The minimum absolute atomic E-state index is 0.0151. The van der Waals surface area contributed by atoms with E-state index in [0.29, 0.717) is 22.6 Å². The fraction of sp³-hybridized carbons (Fsp3) is 0.154. The molecule has 96 valence electrons. The molecule has 0 atom stereocenters. The van der Waals surface area contributed by atoms with Gasteiger partial charge < -0.3 is 4.74 Å². The number of nitrogens with zero attached hydrogens (tertiary/aromatic N) is 2. The fourth-order valence-electron chi connectivity index (χ4n) is 1.95. The molecule has 0 spiro atoms. The van der Waals surface area contributed by atoms with Crippen molar-refractivity contribution in [3.8, 4) is 5.75 Å². The molecule has 0 unspecified atom stereocenters. The topological polar surface area (TPSA) is 52.1 Å². The molecule has 1 aromatic carbocycles. The number of hydrogen-bond donors (Lipinski definition) is 0. The first kappa shape index (κ1) is 12.5. The van der Waals surface area contributed by atoms with Gasteiger partial charge in [0.1, 0.15) is 12.4 Å². The number of rotatable bonds is 1. The SMILES string of the molecule is Cc1cc(Br)c2c(c1)C(=O)/C(=C/c1csnn1)CO2.